The average Bonchev–Trinajstić information content (AvgIpc) is 2.41. The molecule has 0 atom stereocenters. The van der Waals surface area contributed by atoms with Crippen molar-refractivity contribution in [2.24, 2.45) is 5.84 Å². The van der Waals surface area contributed by atoms with Crippen LogP contribution in [0.4, 0.5) is 11.9 Å². The first kappa shape index (κ1) is 13.8. The zero-order chi connectivity index (χ0) is 13.5. The fourth-order valence-electron chi connectivity index (χ4n) is 2.36. The molecule has 7 heteroatoms. The number of anilines is 2. The first-order chi connectivity index (χ1) is 9.31. The standard InChI is InChI=1S/C12H22N6O/c1-19-12-16-10(15-11(17-12)18-13)14-9-7-5-3-2-4-6-8-9/h9H,2-8,13H2,1H3,(H2,14,15,16,17,18). The zero-order valence-electron chi connectivity index (χ0n) is 11.4. The van der Waals surface area contributed by atoms with E-state index in [1.807, 2.05) is 0 Å². The maximum absolute atomic E-state index is 5.34. The molecule has 1 heterocycles. The molecular formula is C12H22N6O. The third-order valence-corrected chi connectivity index (χ3v) is 3.36. The van der Waals surface area contributed by atoms with Gasteiger partial charge in [0.05, 0.1) is 7.11 Å². The third kappa shape index (κ3) is 4.20. The summed E-state index contributed by atoms with van der Waals surface area (Å²) < 4.78 is 5.03. The van der Waals surface area contributed by atoms with Crippen LogP contribution in [0.15, 0.2) is 0 Å². The predicted molar refractivity (Wildman–Crippen MR) is 73.9 cm³/mol. The second-order valence-corrected chi connectivity index (χ2v) is 4.80. The number of nitrogens with one attached hydrogen (secondary N) is 2. The van der Waals surface area contributed by atoms with Crippen molar-refractivity contribution in [3.63, 3.8) is 0 Å². The summed E-state index contributed by atoms with van der Waals surface area (Å²) >= 11 is 0. The second kappa shape index (κ2) is 7.08. The molecule has 1 aliphatic rings. The molecule has 4 N–H and O–H groups in total. The highest BCUT2D eigenvalue weighted by atomic mass is 16.5. The Labute approximate surface area is 113 Å². The highest BCUT2D eigenvalue weighted by molar-refractivity contribution is 5.35. The van der Waals surface area contributed by atoms with Gasteiger partial charge in [-0.3, -0.25) is 5.43 Å². The van der Waals surface area contributed by atoms with Gasteiger partial charge in [-0.25, -0.2) is 5.84 Å². The highest BCUT2D eigenvalue weighted by Gasteiger charge is 2.14. The lowest BCUT2D eigenvalue weighted by Crippen LogP contribution is -2.23. The van der Waals surface area contributed by atoms with Crippen LogP contribution >= 0.6 is 0 Å². The van der Waals surface area contributed by atoms with Crippen LogP contribution in [0.3, 0.4) is 0 Å². The Morgan fingerprint density at radius 3 is 2.26 bits per heavy atom. The van der Waals surface area contributed by atoms with Crippen LogP contribution in [0, 0.1) is 0 Å². The number of hydrogen-bond acceptors (Lipinski definition) is 7. The molecule has 0 spiro atoms. The van der Waals surface area contributed by atoms with Gasteiger partial charge in [0.15, 0.2) is 0 Å². The lowest BCUT2D eigenvalue weighted by atomic mass is 9.97. The minimum absolute atomic E-state index is 0.260. The van der Waals surface area contributed by atoms with Crippen molar-refractivity contribution in [2.75, 3.05) is 17.9 Å². The number of aromatic nitrogens is 3. The van der Waals surface area contributed by atoms with Crippen molar-refractivity contribution < 1.29 is 4.74 Å². The lowest BCUT2D eigenvalue weighted by Gasteiger charge is -2.21. The third-order valence-electron chi connectivity index (χ3n) is 3.36. The summed E-state index contributed by atoms with van der Waals surface area (Å²) in [6, 6.07) is 0.675. The summed E-state index contributed by atoms with van der Waals surface area (Å²) in [5, 5.41) is 3.36. The Bertz CT molecular complexity index is 370. The topological polar surface area (TPSA) is 98.0 Å². The summed E-state index contributed by atoms with van der Waals surface area (Å²) in [7, 11) is 1.52. The maximum atomic E-state index is 5.34. The van der Waals surface area contributed by atoms with E-state index in [0.717, 1.165) is 12.8 Å². The SMILES string of the molecule is COc1nc(NN)nc(NC2CCCCCCC2)n1. The predicted octanol–water partition coefficient (Wildman–Crippen LogP) is 1.69. The molecule has 1 saturated carbocycles. The number of hydrazine groups is 1. The zero-order valence-corrected chi connectivity index (χ0v) is 11.4. The molecule has 0 unspecified atom stereocenters. The van der Waals surface area contributed by atoms with Crippen LogP contribution in [-0.2, 0) is 0 Å². The van der Waals surface area contributed by atoms with E-state index in [0.29, 0.717) is 17.9 Å². The van der Waals surface area contributed by atoms with Crippen molar-refractivity contribution in [1.82, 2.24) is 15.0 Å². The fourth-order valence-corrected chi connectivity index (χ4v) is 2.36. The highest BCUT2D eigenvalue weighted by Crippen LogP contribution is 2.20. The molecular weight excluding hydrogens is 244 g/mol. The van der Waals surface area contributed by atoms with Crippen molar-refractivity contribution in [3.05, 3.63) is 0 Å². The number of nitrogens with two attached hydrogens (primary N) is 1. The van der Waals surface area contributed by atoms with Gasteiger partial charge >= 0.3 is 6.01 Å². The molecule has 0 amide bonds. The summed E-state index contributed by atoms with van der Waals surface area (Å²) in [6.45, 7) is 0. The normalized spacial score (nSPS) is 17.4. The largest absolute Gasteiger partial charge is 0.467 e. The van der Waals surface area contributed by atoms with Gasteiger partial charge in [-0.15, -0.1) is 0 Å². The van der Waals surface area contributed by atoms with Gasteiger partial charge in [-0.2, -0.15) is 15.0 Å². The molecule has 0 bridgehead atoms. The molecule has 0 saturated heterocycles. The van der Waals surface area contributed by atoms with Gasteiger partial charge < -0.3 is 10.1 Å². The molecule has 7 nitrogen and oxygen atoms in total. The molecule has 106 valence electrons. The van der Waals surface area contributed by atoms with Crippen LogP contribution in [0.2, 0.25) is 0 Å². The van der Waals surface area contributed by atoms with Crippen molar-refractivity contribution >= 4 is 11.9 Å². The maximum Gasteiger partial charge on any atom is 0.322 e. The van der Waals surface area contributed by atoms with Gasteiger partial charge in [0.1, 0.15) is 0 Å². The molecule has 0 aromatic carbocycles. The van der Waals surface area contributed by atoms with E-state index in [1.54, 1.807) is 0 Å². The number of hydrogen-bond donors (Lipinski definition) is 3. The first-order valence-corrected chi connectivity index (χ1v) is 6.85. The minimum Gasteiger partial charge on any atom is -0.467 e. The van der Waals surface area contributed by atoms with Crippen LogP contribution in [0.1, 0.15) is 44.9 Å². The van der Waals surface area contributed by atoms with Crippen molar-refractivity contribution in [1.29, 1.82) is 0 Å². The fraction of sp³-hybridized carbons (Fsp3) is 0.750. The summed E-state index contributed by atoms with van der Waals surface area (Å²) in [5.74, 6) is 6.16. The molecule has 1 fully saturated rings. The Hall–Kier alpha value is -1.63. The van der Waals surface area contributed by atoms with Crippen molar-refractivity contribution in [2.45, 2.75) is 51.0 Å². The first-order valence-electron chi connectivity index (χ1n) is 6.85. The Morgan fingerprint density at radius 1 is 1.00 bits per heavy atom. The molecule has 1 aromatic heterocycles. The number of methoxy groups -OCH3 is 1. The lowest BCUT2D eigenvalue weighted by molar-refractivity contribution is 0.379. The van der Waals surface area contributed by atoms with Crippen LogP contribution in [-0.4, -0.2) is 28.1 Å². The van der Waals surface area contributed by atoms with E-state index in [2.05, 4.69) is 25.7 Å². The molecule has 0 aliphatic heterocycles. The van der Waals surface area contributed by atoms with E-state index >= 15 is 0 Å². The van der Waals surface area contributed by atoms with Crippen LogP contribution < -0.4 is 21.3 Å². The smallest absolute Gasteiger partial charge is 0.322 e. The average molecular weight is 266 g/mol. The summed E-state index contributed by atoms with van der Waals surface area (Å²) in [6.07, 6.45) is 8.79. The summed E-state index contributed by atoms with van der Waals surface area (Å²) in [4.78, 5) is 12.4. The Kier molecular flexibility index (Phi) is 5.14. The molecule has 1 aliphatic carbocycles. The van der Waals surface area contributed by atoms with E-state index in [-0.39, 0.29) is 6.01 Å². The van der Waals surface area contributed by atoms with E-state index < -0.39 is 0 Å². The minimum atomic E-state index is 0.260. The van der Waals surface area contributed by atoms with Crippen LogP contribution in [0.5, 0.6) is 6.01 Å². The number of rotatable bonds is 4. The van der Waals surface area contributed by atoms with Gasteiger partial charge in [-0.1, -0.05) is 32.1 Å². The van der Waals surface area contributed by atoms with Gasteiger partial charge in [0.25, 0.3) is 0 Å². The van der Waals surface area contributed by atoms with Gasteiger partial charge in [0.2, 0.25) is 11.9 Å². The van der Waals surface area contributed by atoms with E-state index in [9.17, 15) is 0 Å². The Morgan fingerprint density at radius 2 is 1.63 bits per heavy atom. The van der Waals surface area contributed by atoms with Crippen LogP contribution in [0.25, 0.3) is 0 Å². The molecule has 19 heavy (non-hydrogen) atoms. The van der Waals surface area contributed by atoms with E-state index in [4.69, 9.17) is 10.6 Å². The number of nitrogen functional groups attached to an aromatic ring is 1. The monoisotopic (exact) mass is 266 g/mol. The quantitative estimate of drug-likeness (QED) is 0.563. The molecule has 2 rings (SSSR count). The number of nitrogens with zero attached hydrogens (tertiary/aromatic N) is 3. The number of ether oxygens (including phenoxy) is 1. The summed E-state index contributed by atoms with van der Waals surface area (Å²) in [5.41, 5.74) is 2.42. The van der Waals surface area contributed by atoms with E-state index in [1.165, 1.54) is 39.2 Å². The molecule has 1 aromatic rings. The van der Waals surface area contributed by atoms with Gasteiger partial charge in [0, 0.05) is 6.04 Å². The Balaban J connectivity index is 2.03. The van der Waals surface area contributed by atoms with Crippen molar-refractivity contribution in [3.8, 4) is 6.01 Å². The second-order valence-electron chi connectivity index (χ2n) is 4.80. The molecule has 0 radical (unpaired) electrons. The van der Waals surface area contributed by atoms with Gasteiger partial charge in [-0.05, 0) is 12.8 Å².